The molecule has 32 heavy (non-hydrogen) atoms. The number of ether oxygens (including phenoxy) is 4. The number of hydrogen-bond acceptors (Lipinski definition) is 6. The molecule has 0 bridgehead atoms. The highest BCUT2D eigenvalue weighted by Gasteiger charge is 2.23. The van der Waals surface area contributed by atoms with Crippen molar-refractivity contribution in [3.8, 4) is 11.5 Å². The van der Waals surface area contributed by atoms with E-state index in [0.717, 1.165) is 11.1 Å². The van der Waals surface area contributed by atoms with E-state index in [-0.39, 0.29) is 30.9 Å². The average molecular weight is 434 g/mol. The van der Waals surface area contributed by atoms with Crippen molar-refractivity contribution in [2.24, 2.45) is 0 Å². The molecule has 6 heteroatoms. The van der Waals surface area contributed by atoms with Crippen LogP contribution in [0.4, 0.5) is 0 Å². The van der Waals surface area contributed by atoms with Crippen LogP contribution >= 0.6 is 0 Å². The van der Waals surface area contributed by atoms with Crippen LogP contribution in [0, 0.1) is 0 Å². The fraction of sp³-hybridized carbons (Fsp3) is 0.231. The van der Waals surface area contributed by atoms with Crippen molar-refractivity contribution in [2.45, 2.75) is 26.6 Å². The van der Waals surface area contributed by atoms with E-state index < -0.39 is 11.9 Å². The highest BCUT2D eigenvalue weighted by Crippen LogP contribution is 2.31. The van der Waals surface area contributed by atoms with Gasteiger partial charge in [-0.05, 0) is 29.7 Å². The van der Waals surface area contributed by atoms with E-state index in [4.69, 9.17) is 18.9 Å². The van der Waals surface area contributed by atoms with E-state index in [1.807, 2.05) is 60.7 Å². The zero-order valence-electron chi connectivity index (χ0n) is 18.2. The molecule has 0 N–H and O–H groups in total. The Morgan fingerprint density at radius 1 is 0.812 bits per heavy atom. The van der Waals surface area contributed by atoms with Gasteiger partial charge in [0.2, 0.25) is 0 Å². The minimum Gasteiger partial charge on any atom is -0.489 e. The first-order valence-corrected chi connectivity index (χ1v) is 10.3. The van der Waals surface area contributed by atoms with E-state index in [1.54, 1.807) is 19.1 Å². The van der Waals surface area contributed by atoms with Gasteiger partial charge in [0.1, 0.15) is 30.3 Å². The molecule has 0 spiro atoms. The lowest BCUT2D eigenvalue weighted by molar-refractivity contribution is -0.142. The predicted molar refractivity (Wildman–Crippen MR) is 120 cm³/mol. The normalized spacial score (nSPS) is 10.3. The van der Waals surface area contributed by atoms with Gasteiger partial charge in [0.25, 0.3) is 0 Å². The van der Waals surface area contributed by atoms with Gasteiger partial charge in [0, 0.05) is 6.07 Å². The molecule has 3 aromatic rings. The topological polar surface area (TPSA) is 71.1 Å². The summed E-state index contributed by atoms with van der Waals surface area (Å²) >= 11 is 0. The number of esters is 2. The summed E-state index contributed by atoms with van der Waals surface area (Å²) < 4.78 is 22.0. The van der Waals surface area contributed by atoms with E-state index >= 15 is 0 Å². The lowest BCUT2D eigenvalue weighted by atomic mass is 10.0. The molecule has 3 aromatic carbocycles. The third-order valence-electron chi connectivity index (χ3n) is 4.67. The molecule has 0 amide bonds. The summed E-state index contributed by atoms with van der Waals surface area (Å²) in [5, 5.41) is 0. The second kappa shape index (κ2) is 11.6. The molecule has 0 radical (unpaired) electrons. The van der Waals surface area contributed by atoms with E-state index in [9.17, 15) is 9.59 Å². The average Bonchev–Trinajstić information content (AvgIpc) is 2.82. The molecule has 0 unspecified atom stereocenters. The second-order valence-electron chi connectivity index (χ2n) is 6.98. The molecule has 0 aromatic heterocycles. The Bertz CT molecular complexity index is 1030. The molecule has 6 nitrogen and oxygen atoms in total. The Labute approximate surface area is 187 Å². The first-order valence-electron chi connectivity index (χ1n) is 10.3. The molecule has 0 saturated carbocycles. The van der Waals surface area contributed by atoms with Crippen LogP contribution in [0.2, 0.25) is 0 Å². The van der Waals surface area contributed by atoms with Gasteiger partial charge in [-0.25, -0.2) is 4.79 Å². The molecule has 0 saturated heterocycles. The fourth-order valence-electron chi connectivity index (χ4n) is 3.16. The van der Waals surface area contributed by atoms with Crippen LogP contribution in [0.1, 0.15) is 34.0 Å². The van der Waals surface area contributed by atoms with Gasteiger partial charge in [-0.2, -0.15) is 0 Å². The summed E-state index contributed by atoms with van der Waals surface area (Å²) in [6.45, 7) is 2.54. The van der Waals surface area contributed by atoms with Crippen molar-refractivity contribution in [3.05, 3.63) is 95.1 Å². The van der Waals surface area contributed by atoms with Gasteiger partial charge in [0.15, 0.2) is 0 Å². The summed E-state index contributed by atoms with van der Waals surface area (Å²) in [4.78, 5) is 24.8. The smallest absolute Gasteiger partial charge is 0.341 e. The standard InChI is InChI=1S/C26H26O6/c1-3-30-24(27)15-21-14-22(31-17-19-10-6-4-7-11-19)16-23(25(21)26(28)29-2)32-18-20-12-8-5-9-13-20/h4-14,16H,3,15,17-18H2,1-2H3. The predicted octanol–water partition coefficient (Wildman–Crippen LogP) is 4.74. The van der Waals surface area contributed by atoms with Crippen molar-refractivity contribution < 1.29 is 28.5 Å². The molecule has 0 atom stereocenters. The maximum atomic E-state index is 12.6. The van der Waals surface area contributed by atoms with Crippen molar-refractivity contribution in [2.75, 3.05) is 13.7 Å². The van der Waals surface area contributed by atoms with E-state index in [1.165, 1.54) is 7.11 Å². The molecule has 0 fully saturated rings. The zero-order chi connectivity index (χ0) is 22.8. The quantitative estimate of drug-likeness (QED) is 0.430. The lowest BCUT2D eigenvalue weighted by Crippen LogP contribution is -2.15. The van der Waals surface area contributed by atoms with Crippen molar-refractivity contribution >= 4 is 11.9 Å². The first-order chi connectivity index (χ1) is 15.6. The third-order valence-corrected chi connectivity index (χ3v) is 4.67. The Balaban J connectivity index is 1.94. The Morgan fingerprint density at radius 2 is 1.41 bits per heavy atom. The Kier molecular flexibility index (Phi) is 8.26. The number of benzene rings is 3. The summed E-state index contributed by atoms with van der Waals surface area (Å²) in [6.07, 6.45) is -0.109. The van der Waals surface area contributed by atoms with Crippen LogP contribution in [-0.2, 0) is 33.9 Å². The SMILES string of the molecule is CCOC(=O)Cc1cc(OCc2ccccc2)cc(OCc2ccccc2)c1C(=O)OC. The minimum absolute atomic E-state index is 0.109. The van der Waals surface area contributed by atoms with Crippen LogP contribution in [0.3, 0.4) is 0 Å². The minimum atomic E-state index is -0.595. The summed E-state index contributed by atoms with van der Waals surface area (Å²) in [5.74, 6) is -0.289. The maximum absolute atomic E-state index is 12.6. The molecule has 0 aliphatic carbocycles. The molecule has 0 heterocycles. The lowest BCUT2D eigenvalue weighted by Gasteiger charge is -2.17. The van der Waals surface area contributed by atoms with Gasteiger partial charge < -0.3 is 18.9 Å². The molecule has 0 aliphatic rings. The van der Waals surface area contributed by atoms with Gasteiger partial charge in [-0.1, -0.05) is 60.7 Å². The number of rotatable bonds is 10. The van der Waals surface area contributed by atoms with E-state index in [0.29, 0.717) is 17.9 Å². The molecular weight excluding hydrogens is 408 g/mol. The van der Waals surface area contributed by atoms with Gasteiger partial charge >= 0.3 is 11.9 Å². The van der Waals surface area contributed by atoms with Crippen molar-refractivity contribution in [1.82, 2.24) is 0 Å². The summed E-state index contributed by atoms with van der Waals surface area (Å²) in [5.41, 5.74) is 2.53. The Morgan fingerprint density at radius 3 is 1.97 bits per heavy atom. The number of hydrogen-bond donors (Lipinski definition) is 0. The molecule has 3 rings (SSSR count). The monoisotopic (exact) mass is 434 g/mol. The van der Waals surface area contributed by atoms with E-state index in [2.05, 4.69) is 0 Å². The molecular formula is C26H26O6. The van der Waals surface area contributed by atoms with Gasteiger partial charge in [-0.3, -0.25) is 4.79 Å². The summed E-state index contributed by atoms with van der Waals surface area (Å²) in [7, 11) is 1.29. The number of carbonyl (C=O) groups excluding carboxylic acids is 2. The number of carbonyl (C=O) groups is 2. The maximum Gasteiger partial charge on any atom is 0.341 e. The largest absolute Gasteiger partial charge is 0.489 e. The first kappa shape index (κ1) is 22.9. The van der Waals surface area contributed by atoms with Crippen LogP contribution in [0.25, 0.3) is 0 Å². The highest BCUT2D eigenvalue weighted by molar-refractivity contribution is 5.96. The van der Waals surface area contributed by atoms with Crippen LogP contribution < -0.4 is 9.47 Å². The second-order valence-corrected chi connectivity index (χ2v) is 6.98. The van der Waals surface area contributed by atoms with Crippen molar-refractivity contribution in [1.29, 1.82) is 0 Å². The fourth-order valence-corrected chi connectivity index (χ4v) is 3.16. The van der Waals surface area contributed by atoms with Crippen LogP contribution in [0.5, 0.6) is 11.5 Å². The molecule has 166 valence electrons. The third kappa shape index (κ3) is 6.35. The Hall–Kier alpha value is -3.80. The zero-order valence-corrected chi connectivity index (χ0v) is 18.2. The van der Waals surface area contributed by atoms with Gasteiger partial charge in [-0.15, -0.1) is 0 Å². The van der Waals surface area contributed by atoms with Gasteiger partial charge in [0.05, 0.1) is 20.1 Å². The van der Waals surface area contributed by atoms with Crippen LogP contribution in [-0.4, -0.2) is 25.7 Å². The number of methoxy groups -OCH3 is 1. The van der Waals surface area contributed by atoms with Crippen LogP contribution in [0.15, 0.2) is 72.8 Å². The highest BCUT2D eigenvalue weighted by atomic mass is 16.5. The van der Waals surface area contributed by atoms with Crippen molar-refractivity contribution in [3.63, 3.8) is 0 Å². The molecule has 0 aliphatic heterocycles. The summed E-state index contributed by atoms with van der Waals surface area (Å²) in [6, 6.07) is 22.6.